The highest BCUT2D eigenvalue weighted by molar-refractivity contribution is 5.97. The van der Waals surface area contributed by atoms with Crippen LogP contribution in [0.1, 0.15) is 46.1 Å². The number of furan rings is 1. The molecule has 0 unspecified atom stereocenters. The van der Waals surface area contributed by atoms with Crippen molar-refractivity contribution in [1.82, 2.24) is 10.9 Å². The van der Waals surface area contributed by atoms with Crippen molar-refractivity contribution in [3.05, 3.63) is 95.4 Å². The molecule has 2 N–H and O–H groups in total. The van der Waals surface area contributed by atoms with Gasteiger partial charge in [0.05, 0.1) is 0 Å². The normalized spacial score (nSPS) is 11.8. The van der Waals surface area contributed by atoms with Gasteiger partial charge in [-0.1, -0.05) is 60.7 Å². The lowest BCUT2D eigenvalue weighted by atomic mass is 10.1. The molecular formula is C24H24N4O3. The van der Waals surface area contributed by atoms with Gasteiger partial charge in [-0.3, -0.25) is 9.59 Å². The second-order valence-corrected chi connectivity index (χ2v) is 7.06. The maximum absolute atomic E-state index is 12.2. The van der Waals surface area contributed by atoms with Crippen LogP contribution in [-0.4, -0.2) is 23.2 Å². The van der Waals surface area contributed by atoms with Crippen LogP contribution in [0.4, 0.5) is 0 Å². The molecule has 0 bridgehead atoms. The number of amides is 2. The number of nitrogens with zero attached hydrogens (tertiary/aromatic N) is 2. The van der Waals surface area contributed by atoms with Gasteiger partial charge in [0.25, 0.3) is 0 Å². The van der Waals surface area contributed by atoms with E-state index in [1.54, 1.807) is 0 Å². The Balaban J connectivity index is 1.52. The number of carbonyl (C=O) groups excluding carboxylic acids is 2. The molecule has 158 valence electrons. The van der Waals surface area contributed by atoms with E-state index < -0.39 is 11.8 Å². The van der Waals surface area contributed by atoms with Gasteiger partial charge in [0.15, 0.2) is 11.5 Å². The van der Waals surface area contributed by atoms with Gasteiger partial charge in [0.2, 0.25) is 0 Å². The van der Waals surface area contributed by atoms with Gasteiger partial charge < -0.3 is 4.42 Å². The van der Waals surface area contributed by atoms with Gasteiger partial charge in [-0.2, -0.15) is 10.2 Å². The van der Waals surface area contributed by atoms with E-state index in [0.717, 1.165) is 22.6 Å². The lowest BCUT2D eigenvalue weighted by Crippen LogP contribution is -2.20. The minimum Gasteiger partial charge on any atom is -0.446 e. The van der Waals surface area contributed by atoms with E-state index in [4.69, 9.17) is 4.42 Å². The molecule has 2 amide bonds. The molecule has 0 aliphatic carbocycles. The second-order valence-electron chi connectivity index (χ2n) is 7.06. The van der Waals surface area contributed by atoms with E-state index in [2.05, 4.69) is 21.1 Å². The third-order valence-corrected chi connectivity index (χ3v) is 4.36. The minimum absolute atomic E-state index is 0.00796. The fourth-order valence-corrected chi connectivity index (χ4v) is 2.85. The Morgan fingerprint density at radius 3 is 1.45 bits per heavy atom. The van der Waals surface area contributed by atoms with Crippen molar-refractivity contribution in [3.63, 3.8) is 0 Å². The summed E-state index contributed by atoms with van der Waals surface area (Å²) in [7, 11) is 0. The van der Waals surface area contributed by atoms with E-state index >= 15 is 0 Å². The molecule has 0 saturated carbocycles. The third kappa shape index (κ3) is 6.78. The van der Waals surface area contributed by atoms with Gasteiger partial charge in [-0.15, -0.1) is 0 Å². The fourth-order valence-electron chi connectivity index (χ4n) is 2.85. The predicted octanol–water partition coefficient (Wildman–Crippen LogP) is 3.98. The van der Waals surface area contributed by atoms with E-state index in [1.807, 2.05) is 74.5 Å². The zero-order valence-electron chi connectivity index (χ0n) is 17.5. The summed E-state index contributed by atoms with van der Waals surface area (Å²) in [6.07, 6.45) is 1.24. The number of benzene rings is 2. The van der Waals surface area contributed by atoms with Gasteiger partial charge in [-0.25, -0.2) is 10.9 Å². The van der Waals surface area contributed by atoms with Crippen molar-refractivity contribution in [1.29, 1.82) is 0 Å². The third-order valence-electron chi connectivity index (χ3n) is 4.36. The Labute approximate surface area is 180 Å². The molecule has 0 aliphatic rings. The van der Waals surface area contributed by atoms with Crippen LogP contribution in [0.5, 0.6) is 0 Å². The highest BCUT2D eigenvalue weighted by Crippen LogP contribution is 2.08. The highest BCUT2D eigenvalue weighted by atomic mass is 16.4. The maximum atomic E-state index is 12.2. The van der Waals surface area contributed by atoms with Crippen LogP contribution < -0.4 is 10.9 Å². The Hall–Kier alpha value is -4.00. The lowest BCUT2D eigenvalue weighted by molar-refractivity contribution is 0.0902. The molecule has 2 aromatic carbocycles. The van der Waals surface area contributed by atoms with Crippen LogP contribution in [0.15, 0.2) is 87.4 Å². The molecule has 0 radical (unpaired) electrons. The average Bonchev–Trinajstić information content (AvgIpc) is 3.28. The first kappa shape index (κ1) is 21.7. The Morgan fingerprint density at radius 1 is 0.677 bits per heavy atom. The van der Waals surface area contributed by atoms with Crippen LogP contribution in [0.25, 0.3) is 0 Å². The molecule has 7 heteroatoms. The second kappa shape index (κ2) is 10.7. The summed E-state index contributed by atoms with van der Waals surface area (Å²) in [6.45, 7) is 3.65. The summed E-state index contributed by atoms with van der Waals surface area (Å²) in [5.74, 6) is -1.08. The van der Waals surface area contributed by atoms with Crippen LogP contribution in [0.3, 0.4) is 0 Å². The van der Waals surface area contributed by atoms with Gasteiger partial charge >= 0.3 is 11.8 Å². The number of hydrazone groups is 2. The molecule has 0 fully saturated rings. The van der Waals surface area contributed by atoms with E-state index in [0.29, 0.717) is 12.8 Å². The van der Waals surface area contributed by atoms with Crippen molar-refractivity contribution < 1.29 is 14.0 Å². The van der Waals surface area contributed by atoms with Gasteiger partial charge in [0, 0.05) is 24.3 Å². The standard InChI is InChI=1S/C24H24N4O3/c1-17(15-19-9-5-3-6-10-19)25-27-23(29)21-13-14-22(31-21)24(30)28-26-18(2)16-20-11-7-4-8-12-20/h3-14H,15-16H2,1-2H3,(H,27,29)(H,28,30)/b25-17+,26-18+. The fraction of sp³-hybridized carbons (Fsp3) is 0.167. The van der Waals surface area contributed by atoms with Crippen molar-refractivity contribution >= 4 is 23.2 Å². The molecule has 7 nitrogen and oxygen atoms in total. The quantitative estimate of drug-likeness (QED) is 0.429. The molecule has 0 saturated heterocycles. The molecule has 0 spiro atoms. The van der Waals surface area contributed by atoms with Crippen LogP contribution >= 0.6 is 0 Å². The first-order valence-electron chi connectivity index (χ1n) is 9.86. The predicted molar refractivity (Wildman–Crippen MR) is 120 cm³/mol. The van der Waals surface area contributed by atoms with E-state index in [9.17, 15) is 9.59 Å². The molecule has 1 heterocycles. The van der Waals surface area contributed by atoms with E-state index in [1.165, 1.54) is 12.1 Å². The Morgan fingerprint density at radius 2 is 1.06 bits per heavy atom. The molecule has 0 aliphatic heterocycles. The average molecular weight is 416 g/mol. The Bertz CT molecular complexity index is 1000. The van der Waals surface area contributed by atoms with Crippen molar-refractivity contribution in [2.24, 2.45) is 10.2 Å². The molecule has 3 rings (SSSR count). The zero-order valence-corrected chi connectivity index (χ0v) is 17.5. The van der Waals surface area contributed by atoms with Crippen molar-refractivity contribution in [2.75, 3.05) is 0 Å². The summed E-state index contributed by atoms with van der Waals surface area (Å²) >= 11 is 0. The first-order chi connectivity index (χ1) is 15.0. The lowest BCUT2D eigenvalue weighted by Gasteiger charge is -2.02. The monoisotopic (exact) mass is 416 g/mol. The summed E-state index contributed by atoms with van der Waals surface area (Å²) in [6, 6.07) is 22.5. The highest BCUT2D eigenvalue weighted by Gasteiger charge is 2.15. The smallest absolute Gasteiger partial charge is 0.307 e. The van der Waals surface area contributed by atoms with Gasteiger partial charge in [-0.05, 0) is 37.1 Å². The number of carbonyl (C=O) groups is 2. The largest absolute Gasteiger partial charge is 0.446 e. The van der Waals surface area contributed by atoms with Crippen molar-refractivity contribution in [3.8, 4) is 0 Å². The van der Waals surface area contributed by atoms with Crippen LogP contribution in [0.2, 0.25) is 0 Å². The van der Waals surface area contributed by atoms with Crippen LogP contribution in [0, 0.1) is 0 Å². The summed E-state index contributed by atoms with van der Waals surface area (Å²) in [5, 5.41) is 8.17. The number of nitrogens with one attached hydrogen (secondary N) is 2. The summed E-state index contributed by atoms with van der Waals surface area (Å²) in [4.78, 5) is 24.5. The number of hydrogen-bond acceptors (Lipinski definition) is 5. The summed E-state index contributed by atoms with van der Waals surface area (Å²) in [5.41, 5.74) is 8.57. The number of rotatable bonds is 8. The van der Waals surface area contributed by atoms with E-state index in [-0.39, 0.29) is 11.5 Å². The zero-order chi connectivity index (χ0) is 22.1. The molecule has 1 aromatic heterocycles. The SMILES string of the molecule is C/C(Cc1ccccc1)=N\NC(=O)c1ccc(C(=O)N/N=C(\C)Cc2ccccc2)o1. The van der Waals surface area contributed by atoms with Gasteiger partial charge in [0.1, 0.15) is 0 Å². The molecule has 31 heavy (non-hydrogen) atoms. The van der Waals surface area contributed by atoms with Crippen LogP contribution in [-0.2, 0) is 12.8 Å². The first-order valence-corrected chi connectivity index (χ1v) is 9.86. The number of hydrogen-bond donors (Lipinski definition) is 2. The Kier molecular flexibility index (Phi) is 7.48. The molecule has 0 atom stereocenters. The summed E-state index contributed by atoms with van der Waals surface area (Å²) < 4.78 is 5.35. The molecule has 3 aromatic rings. The minimum atomic E-state index is -0.532. The topological polar surface area (TPSA) is 96.1 Å². The maximum Gasteiger partial charge on any atom is 0.307 e. The van der Waals surface area contributed by atoms with Crippen molar-refractivity contribution in [2.45, 2.75) is 26.7 Å². The molecular weight excluding hydrogens is 392 g/mol.